The summed E-state index contributed by atoms with van der Waals surface area (Å²) in [7, 11) is 0. The molecule has 1 aromatic carbocycles. The van der Waals surface area contributed by atoms with Gasteiger partial charge in [-0.05, 0) is 50.7 Å². The predicted molar refractivity (Wildman–Crippen MR) is 115 cm³/mol. The number of thioether (sulfide) groups is 1. The van der Waals surface area contributed by atoms with Crippen LogP contribution in [0.15, 0.2) is 12.1 Å². The Hall–Kier alpha value is -1.60. The molecule has 7 heteroatoms. The molecule has 0 aromatic heterocycles. The molecule has 0 aliphatic carbocycles. The van der Waals surface area contributed by atoms with Crippen LogP contribution in [0.2, 0.25) is 0 Å². The van der Waals surface area contributed by atoms with E-state index in [1.807, 2.05) is 32.9 Å². The van der Waals surface area contributed by atoms with E-state index in [2.05, 4.69) is 17.1 Å². The van der Waals surface area contributed by atoms with Gasteiger partial charge in [-0.15, -0.1) is 0 Å². The Balaban J connectivity index is 1.72. The number of nitrogens with one attached hydrogen (secondary N) is 1. The molecule has 0 spiro atoms. The number of nitrogens with zero attached hydrogens (tertiary/aromatic N) is 1. The minimum Gasteiger partial charge on any atom is -0.455 e. The molecule has 1 aliphatic heterocycles. The molecule has 1 aliphatic rings. The summed E-state index contributed by atoms with van der Waals surface area (Å²) in [6, 6.07) is 4.01. The number of esters is 1. The summed E-state index contributed by atoms with van der Waals surface area (Å²) in [6.45, 7) is 9.75. The molecule has 148 valence electrons. The van der Waals surface area contributed by atoms with Gasteiger partial charge in [0, 0.05) is 18.8 Å². The standard InChI is InChI=1S/C20H28N2O3S2/c1-13-5-7-22(8-6-13)20(26)27-12-18(24)25-11-17(23)21-19-15(3)9-14(2)10-16(19)4/h9-10,13H,5-8,11-12H2,1-4H3,(H,21,23). The molecule has 5 nitrogen and oxygen atoms in total. The number of aryl methyl sites for hydroxylation is 3. The van der Waals surface area contributed by atoms with Gasteiger partial charge in [0.25, 0.3) is 5.91 Å². The Morgan fingerprint density at radius 2 is 1.81 bits per heavy atom. The van der Waals surface area contributed by atoms with E-state index in [0.29, 0.717) is 0 Å². The Bertz CT molecular complexity index is 690. The molecule has 0 bridgehead atoms. The van der Waals surface area contributed by atoms with Crippen molar-refractivity contribution < 1.29 is 14.3 Å². The number of ether oxygens (including phenoxy) is 1. The lowest BCUT2D eigenvalue weighted by atomic mass is 10.00. The molecule has 0 saturated carbocycles. The van der Waals surface area contributed by atoms with Gasteiger partial charge in [-0.1, -0.05) is 48.6 Å². The summed E-state index contributed by atoms with van der Waals surface area (Å²) in [6.07, 6.45) is 2.26. The first-order chi connectivity index (χ1) is 12.8. The van der Waals surface area contributed by atoms with Crippen LogP contribution in [0.4, 0.5) is 5.69 Å². The van der Waals surface area contributed by atoms with E-state index in [1.165, 1.54) is 11.8 Å². The van der Waals surface area contributed by atoms with E-state index >= 15 is 0 Å². The molecular formula is C20H28N2O3S2. The van der Waals surface area contributed by atoms with Gasteiger partial charge in [-0.3, -0.25) is 9.59 Å². The van der Waals surface area contributed by atoms with Gasteiger partial charge in [0.05, 0.1) is 5.75 Å². The van der Waals surface area contributed by atoms with E-state index in [4.69, 9.17) is 17.0 Å². The van der Waals surface area contributed by atoms with Crippen molar-refractivity contribution in [3.05, 3.63) is 28.8 Å². The number of amides is 1. The number of carbonyl (C=O) groups is 2. The third kappa shape index (κ3) is 6.81. The average Bonchev–Trinajstić information content (AvgIpc) is 2.61. The number of carbonyl (C=O) groups excluding carboxylic acids is 2. The van der Waals surface area contributed by atoms with Crippen LogP contribution in [0.3, 0.4) is 0 Å². The van der Waals surface area contributed by atoms with Gasteiger partial charge in [0.1, 0.15) is 4.32 Å². The van der Waals surface area contributed by atoms with E-state index in [-0.39, 0.29) is 18.3 Å². The van der Waals surface area contributed by atoms with Crippen LogP contribution in [0.5, 0.6) is 0 Å². The number of hydrogen-bond acceptors (Lipinski definition) is 5. The number of rotatable bonds is 5. The number of anilines is 1. The highest BCUT2D eigenvalue weighted by Gasteiger charge is 2.19. The average molecular weight is 409 g/mol. The van der Waals surface area contributed by atoms with Gasteiger partial charge in [0.2, 0.25) is 0 Å². The van der Waals surface area contributed by atoms with Crippen molar-refractivity contribution >= 4 is 45.9 Å². The van der Waals surface area contributed by atoms with Gasteiger partial charge >= 0.3 is 5.97 Å². The Kier molecular flexibility index (Phi) is 8.10. The van der Waals surface area contributed by atoms with E-state index in [0.717, 1.165) is 58.5 Å². The van der Waals surface area contributed by atoms with E-state index < -0.39 is 5.97 Å². The first-order valence-corrected chi connectivity index (χ1v) is 10.6. The van der Waals surface area contributed by atoms with Crippen LogP contribution in [0, 0.1) is 26.7 Å². The zero-order valence-corrected chi connectivity index (χ0v) is 18.1. The molecule has 1 amide bonds. The largest absolute Gasteiger partial charge is 0.455 e. The van der Waals surface area contributed by atoms with Crippen molar-refractivity contribution in [3.8, 4) is 0 Å². The van der Waals surface area contributed by atoms with E-state index in [1.54, 1.807) is 0 Å². The van der Waals surface area contributed by atoms with Crippen molar-refractivity contribution in [1.82, 2.24) is 4.90 Å². The first kappa shape index (κ1) is 21.7. The number of likely N-dealkylation sites (tertiary alicyclic amines) is 1. The van der Waals surface area contributed by atoms with Gasteiger partial charge in [-0.2, -0.15) is 0 Å². The molecule has 1 heterocycles. The predicted octanol–water partition coefficient (Wildman–Crippen LogP) is 3.84. The van der Waals surface area contributed by atoms with Crippen molar-refractivity contribution in [1.29, 1.82) is 0 Å². The second-order valence-electron chi connectivity index (χ2n) is 7.21. The SMILES string of the molecule is Cc1cc(C)c(NC(=O)COC(=O)CSC(=S)N2CCC(C)CC2)c(C)c1. The molecule has 1 saturated heterocycles. The quantitative estimate of drug-likeness (QED) is 0.590. The minimum absolute atomic E-state index is 0.126. The van der Waals surface area contributed by atoms with Crippen molar-refractivity contribution in [2.45, 2.75) is 40.5 Å². The maximum Gasteiger partial charge on any atom is 0.316 e. The maximum atomic E-state index is 12.1. The molecule has 0 unspecified atom stereocenters. The fraction of sp³-hybridized carbons (Fsp3) is 0.550. The summed E-state index contributed by atoms with van der Waals surface area (Å²) in [5.74, 6) is 0.0929. The summed E-state index contributed by atoms with van der Waals surface area (Å²) >= 11 is 6.70. The number of piperidine rings is 1. The fourth-order valence-electron chi connectivity index (χ4n) is 3.14. The first-order valence-electron chi connectivity index (χ1n) is 9.21. The molecule has 2 rings (SSSR count). The lowest BCUT2D eigenvalue weighted by Gasteiger charge is -2.31. The fourth-order valence-corrected chi connectivity index (χ4v) is 4.19. The van der Waals surface area contributed by atoms with Crippen LogP contribution in [-0.2, 0) is 14.3 Å². The van der Waals surface area contributed by atoms with E-state index in [9.17, 15) is 9.59 Å². The highest BCUT2D eigenvalue weighted by atomic mass is 32.2. The van der Waals surface area contributed by atoms with Crippen molar-refractivity contribution in [2.75, 3.05) is 30.8 Å². The molecule has 1 fully saturated rings. The molecule has 0 radical (unpaired) electrons. The molecule has 0 atom stereocenters. The van der Waals surface area contributed by atoms with Crippen LogP contribution in [0.25, 0.3) is 0 Å². The molecule has 1 N–H and O–H groups in total. The summed E-state index contributed by atoms with van der Waals surface area (Å²) < 4.78 is 5.82. The third-order valence-electron chi connectivity index (χ3n) is 4.66. The Morgan fingerprint density at radius 1 is 1.22 bits per heavy atom. The normalized spacial score (nSPS) is 14.7. The summed E-state index contributed by atoms with van der Waals surface area (Å²) in [5, 5.41) is 2.82. The summed E-state index contributed by atoms with van der Waals surface area (Å²) in [4.78, 5) is 26.2. The highest BCUT2D eigenvalue weighted by molar-refractivity contribution is 8.23. The van der Waals surface area contributed by atoms with Gasteiger partial charge in [-0.25, -0.2) is 0 Å². The van der Waals surface area contributed by atoms with Crippen LogP contribution in [-0.4, -0.2) is 46.5 Å². The van der Waals surface area contributed by atoms with Crippen LogP contribution >= 0.6 is 24.0 Å². The van der Waals surface area contributed by atoms with Gasteiger partial charge < -0.3 is 15.0 Å². The molecule has 27 heavy (non-hydrogen) atoms. The Labute approximate surface area is 171 Å². The maximum absolute atomic E-state index is 12.1. The molecular weight excluding hydrogens is 380 g/mol. The lowest BCUT2D eigenvalue weighted by molar-refractivity contribution is -0.144. The molecule has 1 aromatic rings. The number of hydrogen-bond donors (Lipinski definition) is 1. The van der Waals surface area contributed by atoms with Crippen LogP contribution in [0.1, 0.15) is 36.5 Å². The van der Waals surface area contributed by atoms with Crippen molar-refractivity contribution in [3.63, 3.8) is 0 Å². The second-order valence-corrected chi connectivity index (χ2v) is 8.82. The zero-order valence-electron chi connectivity index (χ0n) is 16.5. The third-order valence-corrected chi connectivity index (χ3v) is 6.16. The van der Waals surface area contributed by atoms with Crippen molar-refractivity contribution in [2.24, 2.45) is 5.92 Å². The van der Waals surface area contributed by atoms with Gasteiger partial charge in [0.15, 0.2) is 6.61 Å². The smallest absolute Gasteiger partial charge is 0.316 e. The van der Waals surface area contributed by atoms with Crippen LogP contribution < -0.4 is 5.32 Å². The topological polar surface area (TPSA) is 58.6 Å². The summed E-state index contributed by atoms with van der Waals surface area (Å²) in [5.41, 5.74) is 3.90. The Morgan fingerprint density at radius 3 is 2.41 bits per heavy atom. The monoisotopic (exact) mass is 408 g/mol. The number of benzene rings is 1. The minimum atomic E-state index is -0.430. The zero-order chi connectivity index (χ0) is 20.0. The second kappa shape index (κ2) is 10.1. The lowest BCUT2D eigenvalue weighted by Crippen LogP contribution is -2.36. The highest BCUT2D eigenvalue weighted by Crippen LogP contribution is 2.22. The number of thiocarbonyl (C=S) groups is 1.